The Kier molecular flexibility index (Phi) is 7.14. The number of hydrogen-bond donors (Lipinski definition) is 0. The zero-order valence-corrected chi connectivity index (χ0v) is 22.7. The fourth-order valence-electron chi connectivity index (χ4n) is 9.06. The molecule has 0 bridgehead atoms. The number of hydrogen-bond acceptors (Lipinski definition) is 6. The van der Waals surface area contributed by atoms with E-state index in [-0.39, 0.29) is 46.9 Å². The Balaban J connectivity index is 1.37. The van der Waals surface area contributed by atoms with Gasteiger partial charge in [-0.15, -0.1) is 0 Å². The Morgan fingerprint density at radius 2 is 1.57 bits per heavy atom. The van der Waals surface area contributed by atoms with E-state index in [1.54, 1.807) is 12.1 Å². The van der Waals surface area contributed by atoms with Crippen LogP contribution in [0.1, 0.15) is 89.4 Å². The first-order chi connectivity index (χ1) is 17.6. The molecule has 4 aliphatic rings. The summed E-state index contributed by atoms with van der Waals surface area (Å²) in [5.74, 6) is 1.48. The first kappa shape index (κ1) is 26.2. The van der Waals surface area contributed by atoms with Gasteiger partial charge in [-0.25, -0.2) is 4.79 Å². The quantitative estimate of drug-likeness (QED) is 0.358. The van der Waals surface area contributed by atoms with Crippen LogP contribution in [0.15, 0.2) is 30.3 Å². The maximum Gasteiger partial charge on any atom is 0.338 e. The van der Waals surface area contributed by atoms with Crippen LogP contribution >= 0.6 is 0 Å². The fourth-order valence-corrected chi connectivity index (χ4v) is 9.06. The third kappa shape index (κ3) is 4.81. The molecule has 0 unspecified atom stereocenters. The average Bonchev–Trinajstić information content (AvgIpc) is 3.14. The number of rotatable bonds is 5. The zero-order chi connectivity index (χ0) is 26.4. The van der Waals surface area contributed by atoms with Crippen LogP contribution in [0.2, 0.25) is 0 Å². The van der Waals surface area contributed by atoms with Crippen molar-refractivity contribution in [3.05, 3.63) is 35.9 Å². The van der Waals surface area contributed by atoms with E-state index in [0.29, 0.717) is 35.8 Å². The molecule has 37 heavy (non-hydrogen) atoms. The summed E-state index contributed by atoms with van der Waals surface area (Å²) in [6, 6.07) is 9.19. The van der Waals surface area contributed by atoms with Gasteiger partial charge in [-0.2, -0.15) is 0 Å². The van der Waals surface area contributed by atoms with E-state index in [4.69, 9.17) is 14.2 Å². The predicted octanol–water partition coefficient (Wildman–Crippen LogP) is 5.98. The van der Waals surface area contributed by atoms with Crippen molar-refractivity contribution < 1.29 is 28.6 Å². The summed E-state index contributed by atoms with van der Waals surface area (Å²) in [4.78, 5) is 36.4. The molecule has 9 atom stereocenters. The largest absolute Gasteiger partial charge is 0.465 e. The molecule has 0 spiro atoms. The van der Waals surface area contributed by atoms with Gasteiger partial charge in [0.15, 0.2) is 0 Å². The molecule has 4 fully saturated rings. The summed E-state index contributed by atoms with van der Waals surface area (Å²) in [7, 11) is 0. The van der Waals surface area contributed by atoms with Crippen LogP contribution < -0.4 is 0 Å². The third-order valence-electron chi connectivity index (χ3n) is 10.8. The van der Waals surface area contributed by atoms with Crippen LogP contribution in [0.3, 0.4) is 0 Å². The lowest BCUT2D eigenvalue weighted by Gasteiger charge is -2.60. The van der Waals surface area contributed by atoms with Crippen molar-refractivity contribution in [3.8, 4) is 0 Å². The topological polar surface area (TPSA) is 78.9 Å². The molecule has 0 radical (unpaired) electrons. The Morgan fingerprint density at radius 1 is 0.838 bits per heavy atom. The van der Waals surface area contributed by atoms with Crippen molar-refractivity contribution in [2.24, 2.45) is 40.4 Å². The van der Waals surface area contributed by atoms with Gasteiger partial charge in [0.1, 0.15) is 12.2 Å². The second kappa shape index (κ2) is 10.1. The number of benzene rings is 1. The number of esters is 3. The second-order valence-electron chi connectivity index (χ2n) is 12.7. The molecule has 0 amide bonds. The Labute approximate surface area is 220 Å². The van der Waals surface area contributed by atoms with Crippen LogP contribution in [0, 0.1) is 40.4 Å². The van der Waals surface area contributed by atoms with E-state index >= 15 is 0 Å². The summed E-state index contributed by atoms with van der Waals surface area (Å²) >= 11 is 0. The zero-order valence-electron chi connectivity index (χ0n) is 22.7. The molecule has 1 aromatic rings. The van der Waals surface area contributed by atoms with Gasteiger partial charge in [0.05, 0.1) is 12.2 Å². The molecule has 6 heteroatoms. The Hall–Kier alpha value is -2.37. The van der Waals surface area contributed by atoms with Gasteiger partial charge in [0.2, 0.25) is 0 Å². The predicted molar refractivity (Wildman–Crippen MR) is 138 cm³/mol. The highest BCUT2D eigenvalue weighted by molar-refractivity contribution is 5.89. The maximum absolute atomic E-state index is 13.2. The van der Waals surface area contributed by atoms with E-state index in [0.717, 1.165) is 51.4 Å². The first-order valence-corrected chi connectivity index (χ1v) is 14.2. The molecule has 0 N–H and O–H groups in total. The molecule has 1 aromatic carbocycles. The molecule has 0 aromatic heterocycles. The van der Waals surface area contributed by atoms with Crippen molar-refractivity contribution >= 4 is 17.9 Å². The van der Waals surface area contributed by atoms with Crippen molar-refractivity contribution in [1.29, 1.82) is 0 Å². The monoisotopic (exact) mass is 510 g/mol. The lowest BCUT2D eigenvalue weighted by atomic mass is 9.45. The van der Waals surface area contributed by atoms with Gasteiger partial charge in [-0.1, -0.05) is 32.0 Å². The van der Waals surface area contributed by atoms with E-state index < -0.39 is 0 Å². The number of ether oxygens (including phenoxy) is 3. The summed E-state index contributed by atoms with van der Waals surface area (Å²) in [6.07, 6.45) is 8.21. The van der Waals surface area contributed by atoms with Crippen LogP contribution in [-0.4, -0.2) is 36.7 Å². The lowest BCUT2D eigenvalue weighted by molar-refractivity contribution is -0.161. The summed E-state index contributed by atoms with van der Waals surface area (Å²) < 4.78 is 17.4. The third-order valence-corrected chi connectivity index (χ3v) is 10.8. The molecule has 5 rings (SSSR count). The summed E-state index contributed by atoms with van der Waals surface area (Å²) in [5.41, 5.74) is 0.687. The van der Waals surface area contributed by atoms with E-state index in [2.05, 4.69) is 13.8 Å². The van der Waals surface area contributed by atoms with Crippen molar-refractivity contribution in [2.75, 3.05) is 6.61 Å². The smallest absolute Gasteiger partial charge is 0.338 e. The average molecular weight is 511 g/mol. The standard InChI is InChI=1S/C31H42O6/c1-19(32)35-18-22-16-27-25-11-10-23-17-24(36-20(2)33)12-14-30(23,3)26(25)13-15-31(27,4)28(22)37-29(34)21-8-6-5-7-9-21/h5-9,22-28H,10-18H2,1-4H3/t22-,23-,24-,25+,26-,27-,28-,30-,31-/m0/s1. The highest BCUT2D eigenvalue weighted by Gasteiger charge is 2.63. The first-order valence-electron chi connectivity index (χ1n) is 14.2. The Bertz CT molecular complexity index is 1020. The van der Waals surface area contributed by atoms with Crippen molar-refractivity contribution in [3.63, 3.8) is 0 Å². The van der Waals surface area contributed by atoms with Gasteiger partial charge in [0.25, 0.3) is 0 Å². The van der Waals surface area contributed by atoms with E-state index in [9.17, 15) is 14.4 Å². The molecule has 0 saturated heterocycles. The van der Waals surface area contributed by atoms with Gasteiger partial charge < -0.3 is 14.2 Å². The van der Waals surface area contributed by atoms with E-state index in [1.807, 2.05) is 18.2 Å². The highest BCUT2D eigenvalue weighted by Crippen LogP contribution is 2.67. The SMILES string of the molecule is CC(=O)OC[C@@H]1C[C@H]2[C@@H]3CC[C@H]4C[C@@H](OC(C)=O)CC[C@]4(C)[C@H]3CC[C@]2(C)[C@H]1OC(=O)c1ccccc1. The molecular weight excluding hydrogens is 468 g/mol. The van der Waals surface area contributed by atoms with Crippen molar-refractivity contribution in [1.82, 2.24) is 0 Å². The molecule has 4 saturated carbocycles. The minimum absolute atomic E-state index is 0.00976. The maximum atomic E-state index is 13.2. The van der Waals surface area contributed by atoms with Gasteiger partial charge in [0, 0.05) is 25.2 Å². The molecular formula is C31H42O6. The molecule has 202 valence electrons. The van der Waals surface area contributed by atoms with Gasteiger partial charge in [-0.05, 0) is 92.6 Å². The van der Waals surface area contributed by atoms with E-state index in [1.165, 1.54) is 13.8 Å². The molecule has 0 aliphatic heterocycles. The fraction of sp³-hybridized carbons (Fsp3) is 0.710. The minimum Gasteiger partial charge on any atom is -0.465 e. The van der Waals surface area contributed by atoms with Crippen LogP contribution in [0.5, 0.6) is 0 Å². The van der Waals surface area contributed by atoms with Crippen LogP contribution in [-0.2, 0) is 23.8 Å². The Morgan fingerprint density at radius 3 is 2.27 bits per heavy atom. The molecule has 4 aliphatic carbocycles. The minimum atomic E-state index is -0.290. The van der Waals surface area contributed by atoms with Gasteiger partial charge in [-0.3, -0.25) is 9.59 Å². The number of carbonyl (C=O) groups is 3. The number of fused-ring (bicyclic) bond motifs is 5. The summed E-state index contributed by atoms with van der Waals surface area (Å²) in [6.45, 7) is 8.06. The lowest BCUT2D eigenvalue weighted by Crippen LogP contribution is -2.55. The molecule has 6 nitrogen and oxygen atoms in total. The number of carbonyl (C=O) groups excluding carboxylic acids is 3. The summed E-state index contributed by atoms with van der Waals surface area (Å²) in [5, 5.41) is 0. The van der Waals surface area contributed by atoms with Crippen LogP contribution in [0.25, 0.3) is 0 Å². The normalized spacial score (nSPS) is 40.5. The van der Waals surface area contributed by atoms with Crippen LogP contribution in [0.4, 0.5) is 0 Å². The van der Waals surface area contributed by atoms with Crippen molar-refractivity contribution in [2.45, 2.75) is 91.3 Å². The molecule has 0 heterocycles. The second-order valence-corrected chi connectivity index (χ2v) is 12.7. The van der Waals surface area contributed by atoms with Gasteiger partial charge >= 0.3 is 17.9 Å². The highest BCUT2D eigenvalue weighted by atomic mass is 16.6.